The number of benzene rings is 2. The average Bonchev–Trinajstić information content (AvgIpc) is 3.49. The molecule has 172 valence electrons. The first-order valence-electron chi connectivity index (χ1n) is 11.1. The van der Waals surface area contributed by atoms with E-state index in [4.69, 9.17) is 23.2 Å². The molecule has 2 aromatic carbocycles. The summed E-state index contributed by atoms with van der Waals surface area (Å²) in [5.41, 5.74) is 3.95. The van der Waals surface area contributed by atoms with Crippen LogP contribution in [-0.2, 0) is 6.54 Å². The van der Waals surface area contributed by atoms with E-state index in [9.17, 15) is 5.11 Å². The van der Waals surface area contributed by atoms with Crippen LogP contribution in [0, 0.1) is 0 Å². The van der Waals surface area contributed by atoms with Crippen LogP contribution >= 0.6 is 23.2 Å². The van der Waals surface area contributed by atoms with E-state index in [0.29, 0.717) is 29.6 Å². The van der Waals surface area contributed by atoms with Crippen molar-refractivity contribution in [3.8, 4) is 11.3 Å². The van der Waals surface area contributed by atoms with Gasteiger partial charge in [-0.25, -0.2) is 0 Å². The number of fused-ring (bicyclic) bond motifs is 1. The van der Waals surface area contributed by atoms with Gasteiger partial charge < -0.3 is 15.0 Å². The first kappa shape index (κ1) is 22.2. The number of anilines is 1. The number of aliphatic hydroxyl groups is 1. The molecule has 0 aliphatic carbocycles. The Labute approximate surface area is 202 Å². The molecule has 5 rings (SSSR count). The van der Waals surface area contributed by atoms with Crippen molar-refractivity contribution in [2.45, 2.75) is 19.1 Å². The minimum atomic E-state index is -0.421. The average molecular weight is 485 g/mol. The maximum atomic E-state index is 10.6. The van der Waals surface area contributed by atoms with Gasteiger partial charge in [0, 0.05) is 61.9 Å². The molecule has 1 aliphatic rings. The van der Waals surface area contributed by atoms with E-state index >= 15 is 0 Å². The molecule has 7 nitrogen and oxygen atoms in total. The largest absolute Gasteiger partial charge is 0.392 e. The van der Waals surface area contributed by atoms with E-state index in [0.717, 1.165) is 54.0 Å². The van der Waals surface area contributed by atoms with Crippen LogP contribution in [0.25, 0.3) is 22.2 Å². The van der Waals surface area contributed by atoms with Gasteiger partial charge in [0.25, 0.3) is 0 Å². The fraction of sp³-hybridized carbons (Fsp3) is 0.333. The standard InChI is InChI=1S/C24H26Cl2N6O/c25-20-2-1-3-23(24(20)26)31-12-10-30(11-13-31)15-19(33)7-9-32-16-22(28-29-32)17-4-5-21-18(14-17)6-8-27-21/h1-6,8,14,16,19,27,33H,7,9-13,15H2. The summed E-state index contributed by atoms with van der Waals surface area (Å²) in [7, 11) is 0. The van der Waals surface area contributed by atoms with Gasteiger partial charge in [-0.1, -0.05) is 40.5 Å². The van der Waals surface area contributed by atoms with E-state index in [1.807, 2.05) is 42.7 Å². The Kier molecular flexibility index (Phi) is 6.55. The van der Waals surface area contributed by atoms with Crippen LogP contribution in [0.2, 0.25) is 10.0 Å². The molecule has 1 aliphatic heterocycles. The first-order chi connectivity index (χ1) is 16.1. The van der Waals surface area contributed by atoms with Crippen molar-refractivity contribution < 1.29 is 5.11 Å². The molecule has 1 atom stereocenters. The summed E-state index contributed by atoms with van der Waals surface area (Å²) in [6, 6.07) is 14.0. The lowest BCUT2D eigenvalue weighted by atomic mass is 10.1. The second-order valence-electron chi connectivity index (χ2n) is 8.45. The number of nitrogens with zero attached hydrogens (tertiary/aromatic N) is 5. The molecule has 9 heteroatoms. The molecule has 1 fully saturated rings. The summed E-state index contributed by atoms with van der Waals surface area (Å²) in [5, 5.41) is 21.5. The van der Waals surface area contributed by atoms with Gasteiger partial charge in [0.15, 0.2) is 0 Å². The van der Waals surface area contributed by atoms with Gasteiger partial charge >= 0.3 is 0 Å². The molecule has 4 aromatic rings. The minimum Gasteiger partial charge on any atom is -0.392 e. The Hall–Kier alpha value is -2.58. The van der Waals surface area contributed by atoms with E-state index in [-0.39, 0.29) is 0 Å². The third-order valence-electron chi connectivity index (χ3n) is 6.19. The van der Waals surface area contributed by atoms with Crippen molar-refractivity contribution in [3.63, 3.8) is 0 Å². The number of β-amino-alcohol motifs (C(OH)–C–C–N with tert-alkyl or cyclic N) is 1. The van der Waals surface area contributed by atoms with Crippen molar-refractivity contribution >= 4 is 39.8 Å². The zero-order chi connectivity index (χ0) is 22.8. The quantitative estimate of drug-likeness (QED) is 0.408. The molecule has 0 radical (unpaired) electrons. The van der Waals surface area contributed by atoms with Crippen molar-refractivity contribution in [1.82, 2.24) is 24.9 Å². The maximum Gasteiger partial charge on any atom is 0.113 e. The van der Waals surface area contributed by atoms with E-state index < -0.39 is 6.10 Å². The molecule has 33 heavy (non-hydrogen) atoms. The number of H-pyrrole nitrogens is 1. The number of aromatic nitrogens is 4. The van der Waals surface area contributed by atoms with E-state index in [1.165, 1.54) is 0 Å². The van der Waals surface area contributed by atoms with Crippen LogP contribution in [0.4, 0.5) is 5.69 Å². The molecule has 1 saturated heterocycles. The van der Waals surface area contributed by atoms with Gasteiger partial charge in [-0.05, 0) is 36.8 Å². The topological polar surface area (TPSA) is 73.2 Å². The van der Waals surface area contributed by atoms with Gasteiger partial charge in [-0.2, -0.15) is 0 Å². The van der Waals surface area contributed by atoms with Crippen LogP contribution < -0.4 is 4.90 Å². The Bertz CT molecular complexity index is 1230. The fourth-order valence-electron chi connectivity index (χ4n) is 4.33. The first-order valence-corrected chi connectivity index (χ1v) is 11.9. The molecular formula is C24H26Cl2N6O. The van der Waals surface area contributed by atoms with Crippen LogP contribution in [-0.4, -0.2) is 68.8 Å². The highest BCUT2D eigenvalue weighted by Crippen LogP contribution is 2.32. The highest BCUT2D eigenvalue weighted by Gasteiger charge is 2.21. The number of rotatable bonds is 7. The maximum absolute atomic E-state index is 10.6. The molecule has 0 saturated carbocycles. The van der Waals surface area contributed by atoms with Gasteiger partial charge in [-0.15, -0.1) is 5.10 Å². The smallest absolute Gasteiger partial charge is 0.113 e. The molecule has 0 bridgehead atoms. The molecule has 2 N–H and O–H groups in total. The molecular weight excluding hydrogens is 459 g/mol. The predicted octanol–water partition coefficient (Wildman–Crippen LogP) is 4.31. The number of hydrogen-bond donors (Lipinski definition) is 2. The Morgan fingerprint density at radius 1 is 1.06 bits per heavy atom. The van der Waals surface area contributed by atoms with Gasteiger partial charge in [0.1, 0.15) is 5.69 Å². The number of aryl methyl sites for hydroxylation is 1. The lowest BCUT2D eigenvalue weighted by Gasteiger charge is -2.37. The van der Waals surface area contributed by atoms with Crippen molar-refractivity contribution in [1.29, 1.82) is 0 Å². The lowest BCUT2D eigenvalue weighted by molar-refractivity contribution is 0.0973. The second kappa shape index (κ2) is 9.73. The molecule has 1 unspecified atom stereocenters. The summed E-state index contributed by atoms with van der Waals surface area (Å²) in [6.45, 7) is 4.71. The zero-order valence-electron chi connectivity index (χ0n) is 18.2. The third kappa shape index (κ3) is 5.01. The van der Waals surface area contributed by atoms with E-state index in [1.54, 1.807) is 10.7 Å². The number of hydrogen-bond acceptors (Lipinski definition) is 5. The van der Waals surface area contributed by atoms with Gasteiger partial charge in [0.05, 0.1) is 28.0 Å². The summed E-state index contributed by atoms with van der Waals surface area (Å²) in [6.07, 6.45) is 4.07. The molecule has 2 aromatic heterocycles. The minimum absolute atomic E-state index is 0.421. The van der Waals surface area contributed by atoms with Gasteiger partial charge in [0.2, 0.25) is 0 Å². The van der Waals surface area contributed by atoms with Crippen molar-refractivity contribution in [2.24, 2.45) is 0 Å². The zero-order valence-corrected chi connectivity index (χ0v) is 19.7. The SMILES string of the molecule is OC(CCn1cc(-c2ccc3[nH]ccc3c2)nn1)CN1CCN(c2cccc(Cl)c2Cl)CC1. The summed E-state index contributed by atoms with van der Waals surface area (Å²) < 4.78 is 1.80. The number of halogens is 2. The highest BCUT2D eigenvalue weighted by molar-refractivity contribution is 6.43. The third-order valence-corrected chi connectivity index (χ3v) is 7.00. The summed E-state index contributed by atoms with van der Waals surface area (Å²) in [5.74, 6) is 0. The number of aliphatic hydroxyl groups excluding tert-OH is 1. The second-order valence-corrected chi connectivity index (χ2v) is 9.23. The predicted molar refractivity (Wildman–Crippen MR) is 133 cm³/mol. The number of piperazine rings is 1. The molecule has 0 spiro atoms. The van der Waals surface area contributed by atoms with Crippen molar-refractivity contribution in [2.75, 3.05) is 37.6 Å². The van der Waals surface area contributed by atoms with Crippen LogP contribution in [0.15, 0.2) is 54.9 Å². The monoisotopic (exact) mass is 484 g/mol. The molecule has 0 amide bonds. The summed E-state index contributed by atoms with van der Waals surface area (Å²) in [4.78, 5) is 7.74. The number of nitrogens with one attached hydrogen (secondary N) is 1. The highest BCUT2D eigenvalue weighted by atomic mass is 35.5. The normalized spacial score (nSPS) is 15.9. The van der Waals surface area contributed by atoms with E-state index in [2.05, 4.69) is 31.2 Å². The van der Waals surface area contributed by atoms with Crippen molar-refractivity contribution in [3.05, 3.63) is 64.9 Å². The number of aromatic amines is 1. The Balaban J connectivity index is 1.10. The Morgan fingerprint density at radius 3 is 2.76 bits per heavy atom. The van der Waals surface area contributed by atoms with Crippen LogP contribution in [0.5, 0.6) is 0 Å². The Morgan fingerprint density at radius 2 is 1.91 bits per heavy atom. The van der Waals surface area contributed by atoms with Crippen LogP contribution in [0.3, 0.4) is 0 Å². The van der Waals surface area contributed by atoms with Crippen LogP contribution in [0.1, 0.15) is 6.42 Å². The molecule has 3 heterocycles. The fourth-order valence-corrected chi connectivity index (χ4v) is 4.75. The lowest BCUT2D eigenvalue weighted by Crippen LogP contribution is -2.48. The summed E-state index contributed by atoms with van der Waals surface area (Å²) >= 11 is 12.5. The van der Waals surface area contributed by atoms with Gasteiger partial charge in [-0.3, -0.25) is 9.58 Å².